The van der Waals surface area contributed by atoms with E-state index in [-0.39, 0.29) is 50.7 Å². The molecule has 2 heterocycles. The molecule has 5 aliphatic rings. The fourth-order valence-corrected chi connectivity index (χ4v) is 12.4. The van der Waals surface area contributed by atoms with Crippen LogP contribution < -0.4 is 11.1 Å². The minimum absolute atomic E-state index is 0.0534. The predicted octanol–water partition coefficient (Wildman–Crippen LogP) is 7.01. The Hall–Kier alpha value is -1.97. The Balaban J connectivity index is 1.44. The third-order valence-corrected chi connectivity index (χ3v) is 16.4. The molecule has 1 saturated heterocycles. The summed E-state index contributed by atoms with van der Waals surface area (Å²) in [5.41, 5.74) is 6.33. The zero-order chi connectivity index (χ0) is 35.2. The average molecular weight is 668 g/mol. The topological polar surface area (TPSA) is 125 Å². The SMILES string of the molecule is CN[C@](C)(CO[C@H]1[C@H](n2cnc(N)n2)C[C@@]23COC[C@]1(C)[C@@H]2CC[C@H]1C3=CC[C@@]2(C)[C@H](C(=O)O)[C@@](C)([C@H](C)C(C)C)CC[C@]12C)C(C)C. The maximum Gasteiger partial charge on any atom is 0.307 e. The second kappa shape index (κ2) is 11.8. The summed E-state index contributed by atoms with van der Waals surface area (Å²) in [5, 5.41) is 19.3. The highest BCUT2D eigenvalue weighted by atomic mass is 16.5. The van der Waals surface area contributed by atoms with Gasteiger partial charge in [0.05, 0.1) is 37.9 Å². The molecule has 4 N–H and O–H groups in total. The van der Waals surface area contributed by atoms with E-state index in [1.54, 1.807) is 6.33 Å². The molecule has 1 aromatic rings. The van der Waals surface area contributed by atoms with E-state index in [2.05, 4.69) is 85.6 Å². The molecule has 0 amide bonds. The number of nitrogen functional groups attached to an aromatic ring is 1. The number of anilines is 1. The summed E-state index contributed by atoms with van der Waals surface area (Å²) in [4.78, 5) is 17.8. The Bertz CT molecular complexity index is 1430. The normalized spacial score (nSPS) is 44.3. The molecular weight excluding hydrogens is 602 g/mol. The summed E-state index contributed by atoms with van der Waals surface area (Å²) in [6.07, 6.45) is 9.97. The first-order valence-corrected chi connectivity index (χ1v) is 18.8. The van der Waals surface area contributed by atoms with Crippen LogP contribution in [-0.2, 0) is 14.3 Å². The average Bonchev–Trinajstić information content (AvgIpc) is 3.45. The van der Waals surface area contributed by atoms with Gasteiger partial charge in [0.2, 0.25) is 5.95 Å². The molecule has 0 radical (unpaired) electrons. The second-order valence-electron chi connectivity index (χ2n) is 18.8. The fraction of sp³-hybridized carbons (Fsp3) is 0.872. The molecule has 0 aromatic carbocycles. The maximum atomic E-state index is 13.4. The number of carboxylic acid groups (broad SMARTS) is 1. The van der Waals surface area contributed by atoms with Crippen molar-refractivity contribution in [2.75, 3.05) is 32.6 Å². The lowest BCUT2D eigenvalue weighted by Crippen LogP contribution is -2.69. The number of aliphatic carboxylic acids is 1. The number of nitrogens with two attached hydrogens (primary N) is 1. The lowest BCUT2D eigenvalue weighted by atomic mass is 9.34. The molecule has 2 bridgehead atoms. The van der Waals surface area contributed by atoms with Crippen LogP contribution in [0.25, 0.3) is 0 Å². The number of allylic oxidation sites excluding steroid dienone is 1. The third kappa shape index (κ3) is 4.82. The summed E-state index contributed by atoms with van der Waals surface area (Å²) in [6, 6.07) is -0.0534. The first kappa shape index (κ1) is 35.8. The highest BCUT2D eigenvalue weighted by molar-refractivity contribution is 5.73. The lowest BCUT2D eigenvalue weighted by molar-refractivity contribution is -0.253. The summed E-state index contributed by atoms with van der Waals surface area (Å²) in [5.74, 6) is 1.09. The number of hydrogen-bond donors (Lipinski definition) is 3. The van der Waals surface area contributed by atoms with Crippen LogP contribution in [0.15, 0.2) is 18.0 Å². The molecule has 1 aromatic heterocycles. The number of ether oxygens (including phenoxy) is 2. The predicted molar refractivity (Wildman–Crippen MR) is 189 cm³/mol. The van der Waals surface area contributed by atoms with Crippen LogP contribution in [0.3, 0.4) is 0 Å². The highest BCUT2D eigenvalue weighted by Crippen LogP contribution is 2.75. The van der Waals surface area contributed by atoms with Crippen molar-refractivity contribution in [1.29, 1.82) is 0 Å². The van der Waals surface area contributed by atoms with Gasteiger partial charge in [0.1, 0.15) is 6.33 Å². The van der Waals surface area contributed by atoms with Crippen molar-refractivity contribution in [1.82, 2.24) is 20.1 Å². The summed E-state index contributed by atoms with van der Waals surface area (Å²) >= 11 is 0. The number of fused-ring (bicyclic) bond motifs is 3. The van der Waals surface area contributed by atoms with Gasteiger partial charge in [-0.15, -0.1) is 5.10 Å². The van der Waals surface area contributed by atoms with Gasteiger partial charge >= 0.3 is 5.97 Å². The Kier molecular flexibility index (Phi) is 8.81. The molecule has 0 unspecified atom stereocenters. The van der Waals surface area contributed by atoms with Crippen molar-refractivity contribution in [3.8, 4) is 0 Å². The van der Waals surface area contributed by atoms with Crippen LogP contribution in [0.1, 0.15) is 114 Å². The molecule has 4 aliphatic carbocycles. The van der Waals surface area contributed by atoms with E-state index in [4.69, 9.17) is 20.3 Å². The molecule has 1 aliphatic heterocycles. The molecule has 3 saturated carbocycles. The summed E-state index contributed by atoms with van der Waals surface area (Å²) < 4.78 is 15.8. The minimum atomic E-state index is -0.618. The molecule has 0 spiro atoms. The van der Waals surface area contributed by atoms with Gasteiger partial charge in [-0.25, -0.2) is 9.67 Å². The molecule has 48 heavy (non-hydrogen) atoms. The smallest absolute Gasteiger partial charge is 0.307 e. The molecule has 4 fully saturated rings. The Labute approximate surface area is 289 Å². The van der Waals surface area contributed by atoms with E-state index in [9.17, 15) is 9.90 Å². The molecular formula is C39H65N5O4. The van der Waals surface area contributed by atoms with Crippen LogP contribution in [0.4, 0.5) is 5.95 Å². The minimum Gasteiger partial charge on any atom is -0.481 e. The molecule has 6 rings (SSSR count). The number of likely N-dealkylation sites (N-methyl/N-ethyl adjacent to an activating group) is 1. The van der Waals surface area contributed by atoms with Crippen LogP contribution in [0, 0.1) is 62.6 Å². The van der Waals surface area contributed by atoms with E-state index in [0.29, 0.717) is 49.4 Å². The summed E-state index contributed by atoms with van der Waals surface area (Å²) in [7, 11) is 2.02. The fourth-order valence-electron chi connectivity index (χ4n) is 12.4. The van der Waals surface area contributed by atoms with Crippen molar-refractivity contribution in [2.24, 2.45) is 62.6 Å². The highest BCUT2D eigenvalue weighted by Gasteiger charge is 2.72. The lowest BCUT2D eigenvalue weighted by Gasteiger charge is -2.71. The zero-order valence-corrected chi connectivity index (χ0v) is 31.7. The number of hydrogen-bond acceptors (Lipinski definition) is 7. The van der Waals surface area contributed by atoms with Gasteiger partial charge in [-0.05, 0) is 98.3 Å². The van der Waals surface area contributed by atoms with Gasteiger partial charge in [0, 0.05) is 16.4 Å². The van der Waals surface area contributed by atoms with Crippen LogP contribution in [-0.4, -0.2) is 64.4 Å². The van der Waals surface area contributed by atoms with E-state index in [0.717, 1.165) is 38.5 Å². The van der Waals surface area contributed by atoms with E-state index in [1.165, 1.54) is 5.57 Å². The molecule has 9 nitrogen and oxygen atoms in total. The van der Waals surface area contributed by atoms with Crippen LogP contribution >= 0.6 is 0 Å². The van der Waals surface area contributed by atoms with Crippen LogP contribution in [0.2, 0.25) is 0 Å². The van der Waals surface area contributed by atoms with Crippen LogP contribution in [0.5, 0.6) is 0 Å². The van der Waals surface area contributed by atoms with Crippen molar-refractivity contribution >= 4 is 11.9 Å². The molecule has 270 valence electrons. The number of nitrogens with one attached hydrogen (secondary N) is 1. The van der Waals surface area contributed by atoms with E-state index >= 15 is 0 Å². The Morgan fingerprint density at radius 2 is 1.85 bits per heavy atom. The third-order valence-electron chi connectivity index (χ3n) is 16.4. The van der Waals surface area contributed by atoms with E-state index in [1.807, 2.05) is 11.7 Å². The van der Waals surface area contributed by atoms with Crippen molar-refractivity contribution in [2.45, 2.75) is 125 Å². The van der Waals surface area contributed by atoms with Gasteiger partial charge in [0.25, 0.3) is 0 Å². The van der Waals surface area contributed by atoms with Gasteiger partial charge in [-0.3, -0.25) is 4.79 Å². The molecule has 9 heteroatoms. The Morgan fingerprint density at radius 1 is 1.15 bits per heavy atom. The van der Waals surface area contributed by atoms with Crippen molar-refractivity contribution in [3.05, 3.63) is 18.0 Å². The first-order valence-electron chi connectivity index (χ1n) is 18.8. The second-order valence-corrected chi connectivity index (χ2v) is 18.8. The van der Waals surface area contributed by atoms with Gasteiger partial charge < -0.3 is 25.6 Å². The quantitative estimate of drug-likeness (QED) is 0.240. The van der Waals surface area contributed by atoms with E-state index < -0.39 is 11.9 Å². The number of rotatable bonds is 9. The van der Waals surface area contributed by atoms with Crippen molar-refractivity contribution in [3.63, 3.8) is 0 Å². The zero-order valence-electron chi connectivity index (χ0n) is 31.7. The standard InChI is InChI=1S/C39H65N5O4/c1-23(2)25(5)34(6)16-17-36(8)26-12-13-29-35(7)19-47-21-39(29,27(26)14-15-37(36,9)30(34)32(45)46)18-28(44-22-42-33(40)43-44)31(35)48-20-38(10,41-11)24(3)4/h14,22-26,28-31,41H,12-13,15-21H2,1-11H3,(H2,40,43)(H,45,46)/t25-,26+,28-,29+,30-,31+,34-,35-,36-,37+,38-,39+/m1/s1. The number of nitrogens with zero attached hydrogens (tertiary/aromatic N) is 3. The molecule has 12 atom stereocenters. The monoisotopic (exact) mass is 668 g/mol. The Morgan fingerprint density at radius 3 is 2.44 bits per heavy atom. The number of aromatic nitrogens is 3. The van der Waals surface area contributed by atoms with Gasteiger partial charge in [-0.1, -0.05) is 74.0 Å². The summed E-state index contributed by atoms with van der Waals surface area (Å²) in [6.45, 7) is 24.9. The largest absolute Gasteiger partial charge is 0.481 e. The number of carbonyl (C=O) groups is 1. The first-order chi connectivity index (χ1) is 22.3. The van der Waals surface area contributed by atoms with Crippen molar-refractivity contribution < 1.29 is 19.4 Å². The van der Waals surface area contributed by atoms with Gasteiger partial charge in [0.15, 0.2) is 0 Å². The number of carboxylic acids is 1. The van der Waals surface area contributed by atoms with Gasteiger partial charge in [-0.2, -0.15) is 0 Å². The maximum absolute atomic E-state index is 13.4.